The van der Waals surface area contributed by atoms with E-state index < -0.39 is 24.2 Å². The highest BCUT2D eigenvalue weighted by atomic mass is 16.5. The van der Waals surface area contributed by atoms with Gasteiger partial charge in [-0.05, 0) is 37.7 Å². The summed E-state index contributed by atoms with van der Waals surface area (Å²) in [5.41, 5.74) is 0.657. The first-order valence-electron chi connectivity index (χ1n) is 9.65. The minimum Gasteiger partial charge on any atom is -0.485 e. The molecular weight excluding hydrogens is 234 g/mol. The molecule has 2 rings (SSSR count). The molecule has 1 N–H and O–H groups in total. The molecule has 0 aromatic heterocycles. The van der Waals surface area contributed by atoms with E-state index in [1.54, 1.807) is 20.0 Å². The van der Waals surface area contributed by atoms with Gasteiger partial charge in [-0.1, -0.05) is 48.4 Å². The average Bonchev–Trinajstić information content (AvgIpc) is 2.58. The number of hydrogen-bond donors (Lipinski definition) is 1. The summed E-state index contributed by atoms with van der Waals surface area (Å²) in [5.74, 6) is 0.244. The van der Waals surface area contributed by atoms with Crippen LogP contribution in [0.25, 0.3) is 0 Å². The van der Waals surface area contributed by atoms with Gasteiger partial charge in [0.05, 0.1) is 9.60 Å². The summed E-state index contributed by atoms with van der Waals surface area (Å²) < 4.78 is 61.4. The Morgan fingerprint density at radius 2 is 2.00 bits per heavy atom. The highest BCUT2D eigenvalue weighted by Crippen LogP contribution is 2.26. The minimum absolute atomic E-state index is 0.0248. The van der Waals surface area contributed by atoms with Crippen molar-refractivity contribution >= 4 is 0 Å². The molecule has 0 fully saturated rings. The summed E-state index contributed by atoms with van der Waals surface area (Å²) in [4.78, 5) is 0. The van der Waals surface area contributed by atoms with Gasteiger partial charge in [-0.3, -0.25) is 0 Å². The summed E-state index contributed by atoms with van der Waals surface area (Å²) in [6, 6.07) is 1.23. The van der Waals surface area contributed by atoms with Crippen molar-refractivity contribution in [3.63, 3.8) is 0 Å². The molecule has 0 amide bonds. The van der Waals surface area contributed by atoms with Gasteiger partial charge in [0.15, 0.2) is 0 Å². The van der Waals surface area contributed by atoms with Crippen molar-refractivity contribution in [1.82, 2.24) is 5.32 Å². The predicted octanol–water partition coefficient (Wildman–Crippen LogP) is 3.72. The SMILES string of the molecule is [2H]c1cc([2H])c(OC(CCNC)c2c([2H])c([2H])c([2H])c([2H])c2[2H])c(C)c1. The third kappa shape index (κ3) is 3.83. The van der Waals surface area contributed by atoms with E-state index in [9.17, 15) is 0 Å². The van der Waals surface area contributed by atoms with E-state index in [2.05, 4.69) is 5.32 Å². The van der Waals surface area contributed by atoms with Crippen LogP contribution >= 0.6 is 0 Å². The van der Waals surface area contributed by atoms with Crippen LogP contribution in [0.3, 0.4) is 0 Å². The molecule has 0 aliphatic rings. The van der Waals surface area contributed by atoms with Gasteiger partial charge >= 0.3 is 0 Å². The van der Waals surface area contributed by atoms with Gasteiger partial charge in [-0.2, -0.15) is 0 Å². The zero-order valence-electron chi connectivity index (χ0n) is 18.1. The number of ether oxygens (including phenoxy) is 1. The summed E-state index contributed by atoms with van der Waals surface area (Å²) in [7, 11) is 1.75. The molecule has 0 spiro atoms. The van der Waals surface area contributed by atoms with E-state index in [0.29, 0.717) is 18.5 Å². The molecule has 100 valence electrons. The maximum absolute atomic E-state index is 8.16. The van der Waals surface area contributed by atoms with Crippen LogP contribution in [0.4, 0.5) is 0 Å². The fourth-order valence-electron chi connectivity index (χ4n) is 1.68. The molecule has 2 nitrogen and oxygen atoms in total. The van der Waals surface area contributed by atoms with Crippen molar-refractivity contribution < 1.29 is 14.3 Å². The second kappa shape index (κ2) is 6.95. The smallest absolute Gasteiger partial charge is 0.125 e. The molecule has 1 unspecified atom stereocenters. The second-order valence-corrected chi connectivity index (χ2v) is 4.15. The molecule has 0 bridgehead atoms. The molecule has 0 radical (unpaired) electrons. The Hall–Kier alpha value is -1.80. The number of nitrogens with one attached hydrogen (secondary N) is 1. The standard InChI is InChI=1S/C17H21NO/c1-14-8-6-7-11-16(14)19-17(12-13-18-2)15-9-4-3-5-10-15/h3-11,17-18H,12-13H2,1-2H3/i3D,4D,5D,6D,9D,10D,11D. The summed E-state index contributed by atoms with van der Waals surface area (Å²) in [5, 5.41) is 2.96. The molecule has 0 saturated carbocycles. The Morgan fingerprint density at radius 1 is 1.21 bits per heavy atom. The summed E-state index contributed by atoms with van der Waals surface area (Å²) in [6.45, 7) is 2.21. The molecule has 2 heteroatoms. The van der Waals surface area contributed by atoms with Crippen LogP contribution in [0.1, 0.15) is 33.2 Å². The molecule has 2 aromatic rings. The van der Waals surface area contributed by atoms with Gasteiger partial charge in [0, 0.05) is 6.42 Å². The molecule has 1 atom stereocenters. The third-order valence-corrected chi connectivity index (χ3v) is 2.70. The number of para-hydroxylation sites is 1. The predicted molar refractivity (Wildman–Crippen MR) is 79.5 cm³/mol. The lowest BCUT2D eigenvalue weighted by atomic mass is 10.1. The van der Waals surface area contributed by atoms with Crippen molar-refractivity contribution in [3.8, 4) is 5.75 Å². The van der Waals surface area contributed by atoms with E-state index in [4.69, 9.17) is 14.3 Å². The number of hydrogen-bond acceptors (Lipinski definition) is 2. The van der Waals surface area contributed by atoms with Crippen molar-refractivity contribution in [3.05, 3.63) is 65.6 Å². The van der Waals surface area contributed by atoms with Gasteiger partial charge in [-0.15, -0.1) is 0 Å². The van der Waals surface area contributed by atoms with Crippen LogP contribution in [-0.2, 0) is 0 Å². The molecule has 0 aliphatic carbocycles. The van der Waals surface area contributed by atoms with Gasteiger partial charge in [-0.25, -0.2) is 0 Å². The third-order valence-electron chi connectivity index (χ3n) is 2.70. The Bertz CT molecular complexity index is 773. The number of rotatable bonds is 6. The van der Waals surface area contributed by atoms with Gasteiger partial charge in [0.25, 0.3) is 0 Å². The molecule has 0 saturated heterocycles. The first-order chi connectivity index (χ1) is 12.2. The number of benzene rings is 2. The maximum atomic E-state index is 8.16. The van der Waals surface area contributed by atoms with Crippen LogP contribution in [0.15, 0.2) is 54.4 Å². The largest absolute Gasteiger partial charge is 0.485 e. The van der Waals surface area contributed by atoms with Crippen LogP contribution in [0, 0.1) is 6.92 Å². The highest BCUT2D eigenvalue weighted by molar-refractivity contribution is 5.33. The molecule has 2 aromatic carbocycles. The van der Waals surface area contributed by atoms with Crippen molar-refractivity contribution in [1.29, 1.82) is 0 Å². The van der Waals surface area contributed by atoms with Crippen molar-refractivity contribution in [2.24, 2.45) is 0 Å². The Labute approximate surface area is 125 Å². The summed E-state index contributed by atoms with van der Waals surface area (Å²) in [6.07, 6.45) is -0.470. The average molecular weight is 262 g/mol. The lowest BCUT2D eigenvalue weighted by molar-refractivity contribution is 0.193. The van der Waals surface area contributed by atoms with Crippen LogP contribution in [-0.4, -0.2) is 13.6 Å². The van der Waals surface area contributed by atoms with Gasteiger partial charge in [0.1, 0.15) is 11.9 Å². The highest BCUT2D eigenvalue weighted by Gasteiger charge is 2.13. The normalized spacial score (nSPS) is 17.3. The molecule has 0 aliphatic heterocycles. The molecule has 19 heavy (non-hydrogen) atoms. The minimum atomic E-state index is -0.823. The topological polar surface area (TPSA) is 21.3 Å². The monoisotopic (exact) mass is 262 g/mol. The van der Waals surface area contributed by atoms with E-state index in [-0.39, 0.29) is 35.5 Å². The van der Waals surface area contributed by atoms with Crippen LogP contribution in [0.2, 0.25) is 0 Å². The molecule has 0 heterocycles. The lowest BCUT2D eigenvalue weighted by Crippen LogP contribution is -2.16. The zero-order chi connectivity index (χ0) is 19.6. The summed E-state index contributed by atoms with van der Waals surface area (Å²) >= 11 is 0. The Kier molecular flexibility index (Phi) is 2.60. The van der Waals surface area contributed by atoms with E-state index >= 15 is 0 Å². The fraction of sp³-hybridized carbons (Fsp3) is 0.294. The first kappa shape index (κ1) is 7.11. The molecular formula is C17H21NO. The fourth-order valence-corrected chi connectivity index (χ4v) is 1.68. The van der Waals surface area contributed by atoms with E-state index in [0.717, 1.165) is 0 Å². The Balaban J connectivity index is 2.57. The van der Waals surface area contributed by atoms with E-state index in [1.807, 2.05) is 0 Å². The van der Waals surface area contributed by atoms with E-state index in [1.165, 1.54) is 6.07 Å². The Morgan fingerprint density at radius 3 is 2.68 bits per heavy atom. The zero-order valence-corrected chi connectivity index (χ0v) is 11.1. The number of aryl methyl sites for hydroxylation is 1. The second-order valence-electron chi connectivity index (χ2n) is 4.15. The quantitative estimate of drug-likeness (QED) is 0.856. The maximum Gasteiger partial charge on any atom is 0.125 e. The van der Waals surface area contributed by atoms with Crippen LogP contribution < -0.4 is 10.1 Å². The van der Waals surface area contributed by atoms with Crippen LogP contribution in [0.5, 0.6) is 5.75 Å². The van der Waals surface area contributed by atoms with Gasteiger partial charge < -0.3 is 10.1 Å². The van der Waals surface area contributed by atoms with Gasteiger partial charge in [0.2, 0.25) is 0 Å². The van der Waals surface area contributed by atoms with Crippen molar-refractivity contribution in [2.45, 2.75) is 19.4 Å². The first-order valence-corrected chi connectivity index (χ1v) is 6.15. The lowest BCUT2D eigenvalue weighted by Gasteiger charge is -2.20. The van der Waals surface area contributed by atoms with Crippen molar-refractivity contribution in [2.75, 3.05) is 13.6 Å².